The molecule has 4 rings (SSSR count). The highest BCUT2D eigenvalue weighted by Crippen LogP contribution is 2.67. The quantitative estimate of drug-likeness (QED) is 0.488. The zero-order chi connectivity index (χ0) is 20.1. The molecule has 8 atom stereocenters. The molecule has 3 fully saturated rings. The molecule has 0 aromatic heterocycles. The molecule has 4 aliphatic rings. The number of fused-ring (bicyclic) bond motifs is 5. The molecule has 4 aliphatic carbocycles. The molecule has 0 bridgehead atoms. The Balaban J connectivity index is 1.49. The molecule has 6 unspecified atom stereocenters. The van der Waals surface area contributed by atoms with E-state index in [1.54, 1.807) is 5.57 Å². The molecule has 0 spiro atoms. The Labute approximate surface area is 174 Å². The molecular weight excluding hydrogens is 340 g/mol. The van der Waals surface area contributed by atoms with Gasteiger partial charge in [0.2, 0.25) is 0 Å². The zero-order valence-electron chi connectivity index (χ0n) is 19.3. The van der Waals surface area contributed by atoms with Gasteiger partial charge in [0.1, 0.15) is 0 Å². The van der Waals surface area contributed by atoms with Crippen LogP contribution in [0.15, 0.2) is 11.6 Å². The van der Waals surface area contributed by atoms with Gasteiger partial charge in [0.15, 0.2) is 0 Å². The smallest absolute Gasteiger partial charge is 0.0577 e. The molecule has 160 valence electrons. The third-order valence-corrected chi connectivity index (χ3v) is 10.3. The average molecular weight is 387 g/mol. The SMILES string of the molecule is CC(C)CCC[C@@H](C)C1CCC2C3CC=C4CC(O)CCC4(C)[C@H]3CCC21C. The molecule has 0 aromatic rings. The Bertz CT molecular complexity index is 591. The molecule has 0 heterocycles. The van der Waals surface area contributed by atoms with Gasteiger partial charge in [-0.25, -0.2) is 0 Å². The topological polar surface area (TPSA) is 20.2 Å². The lowest BCUT2D eigenvalue weighted by molar-refractivity contribution is -0.0573. The maximum absolute atomic E-state index is 10.2. The minimum Gasteiger partial charge on any atom is -0.393 e. The van der Waals surface area contributed by atoms with E-state index in [-0.39, 0.29) is 6.10 Å². The first-order valence-corrected chi connectivity index (χ1v) is 12.6. The fourth-order valence-electron chi connectivity index (χ4n) is 8.67. The highest BCUT2D eigenvalue weighted by molar-refractivity contribution is 5.25. The van der Waals surface area contributed by atoms with Crippen LogP contribution >= 0.6 is 0 Å². The standard InChI is InChI=1S/C27H46O/c1-18(2)7-6-8-19(3)23-11-12-24-22-10-9-20-17-21(28)13-15-26(20,4)25(22)14-16-27(23,24)5/h9,18-19,21-25,28H,6-8,10-17H2,1-5H3/t19-,21?,22?,23?,24?,25+,26?,27?/m1/s1. The summed E-state index contributed by atoms with van der Waals surface area (Å²) in [5.41, 5.74) is 2.60. The van der Waals surface area contributed by atoms with Gasteiger partial charge in [-0.1, -0.05) is 65.5 Å². The van der Waals surface area contributed by atoms with Crippen LogP contribution in [0.2, 0.25) is 0 Å². The van der Waals surface area contributed by atoms with E-state index in [1.165, 1.54) is 57.8 Å². The third kappa shape index (κ3) is 3.42. The van der Waals surface area contributed by atoms with E-state index in [0.717, 1.165) is 48.3 Å². The van der Waals surface area contributed by atoms with Crippen LogP contribution in [0.1, 0.15) is 105 Å². The second kappa shape index (κ2) is 7.75. The molecular formula is C27H46O. The number of rotatable bonds is 5. The zero-order valence-corrected chi connectivity index (χ0v) is 19.3. The van der Waals surface area contributed by atoms with Gasteiger partial charge in [-0.15, -0.1) is 0 Å². The van der Waals surface area contributed by atoms with Gasteiger partial charge in [0.25, 0.3) is 0 Å². The number of allylic oxidation sites excluding steroid dienone is 1. The molecule has 0 aromatic carbocycles. The lowest BCUT2D eigenvalue weighted by Crippen LogP contribution is -2.50. The van der Waals surface area contributed by atoms with Crippen LogP contribution in [0.5, 0.6) is 0 Å². The molecule has 0 amide bonds. The van der Waals surface area contributed by atoms with Gasteiger partial charge in [-0.05, 0) is 97.7 Å². The van der Waals surface area contributed by atoms with Crippen molar-refractivity contribution in [2.24, 2.45) is 46.3 Å². The summed E-state index contributed by atoms with van der Waals surface area (Å²) < 4.78 is 0. The van der Waals surface area contributed by atoms with Gasteiger partial charge >= 0.3 is 0 Å². The first-order valence-electron chi connectivity index (χ1n) is 12.6. The van der Waals surface area contributed by atoms with Gasteiger partial charge < -0.3 is 5.11 Å². The fourth-order valence-corrected chi connectivity index (χ4v) is 8.67. The van der Waals surface area contributed by atoms with Crippen molar-refractivity contribution in [1.82, 2.24) is 0 Å². The van der Waals surface area contributed by atoms with Crippen LogP contribution in [0.3, 0.4) is 0 Å². The van der Waals surface area contributed by atoms with Crippen molar-refractivity contribution in [3.63, 3.8) is 0 Å². The van der Waals surface area contributed by atoms with E-state index in [0.29, 0.717) is 10.8 Å². The number of hydrogen-bond donors (Lipinski definition) is 1. The summed E-state index contributed by atoms with van der Waals surface area (Å²) in [6, 6.07) is 0. The van der Waals surface area contributed by atoms with Gasteiger partial charge in [0.05, 0.1) is 6.10 Å². The van der Waals surface area contributed by atoms with E-state index >= 15 is 0 Å². The van der Waals surface area contributed by atoms with Crippen molar-refractivity contribution in [2.45, 2.75) is 111 Å². The molecule has 1 heteroatoms. The minimum atomic E-state index is -0.0766. The monoisotopic (exact) mass is 386 g/mol. The molecule has 1 nitrogen and oxygen atoms in total. The van der Waals surface area contributed by atoms with Gasteiger partial charge in [-0.3, -0.25) is 0 Å². The van der Waals surface area contributed by atoms with E-state index in [2.05, 4.69) is 40.7 Å². The summed E-state index contributed by atoms with van der Waals surface area (Å²) in [6.07, 6.45) is 17.2. The average Bonchev–Trinajstić information content (AvgIpc) is 2.99. The highest BCUT2D eigenvalue weighted by Gasteiger charge is 2.59. The van der Waals surface area contributed by atoms with E-state index < -0.39 is 0 Å². The molecule has 3 saturated carbocycles. The summed E-state index contributed by atoms with van der Waals surface area (Å²) in [6.45, 7) is 12.6. The maximum Gasteiger partial charge on any atom is 0.0577 e. The van der Waals surface area contributed by atoms with E-state index in [4.69, 9.17) is 0 Å². The van der Waals surface area contributed by atoms with E-state index in [1.807, 2.05) is 0 Å². The van der Waals surface area contributed by atoms with Crippen molar-refractivity contribution < 1.29 is 5.11 Å². The Kier molecular flexibility index (Phi) is 5.80. The highest BCUT2D eigenvalue weighted by atomic mass is 16.3. The second-order valence-corrected chi connectivity index (χ2v) is 12.2. The van der Waals surface area contributed by atoms with Gasteiger partial charge in [-0.2, -0.15) is 0 Å². The largest absolute Gasteiger partial charge is 0.393 e. The maximum atomic E-state index is 10.2. The Morgan fingerprint density at radius 3 is 2.54 bits per heavy atom. The summed E-state index contributed by atoms with van der Waals surface area (Å²) in [7, 11) is 0. The van der Waals surface area contributed by atoms with Crippen LogP contribution in [0.4, 0.5) is 0 Å². The summed E-state index contributed by atoms with van der Waals surface area (Å²) in [5, 5.41) is 10.2. The lowest BCUT2D eigenvalue weighted by Gasteiger charge is -2.58. The molecule has 0 saturated heterocycles. The summed E-state index contributed by atoms with van der Waals surface area (Å²) >= 11 is 0. The Hall–Kier alpha value is -0.300. The van der Waals surface area contributed by atoms with Crippen molar-refractivity contribution in [1.29, 1.82) is 0 Å². The normalized spacial score (nSPS) is 46.5. The number of aliphatic hydroxyl groups is 1. The predicted molar refractivity (Wildman–Crippen MR) is 119 cm³/mol. The van der Waals surface area contributed by atoms with Gasteiger partial charge in [0, 0.05) is 0 Å². The molecule has 0 radical (unpaired) electrons. The Morgan fingerprint density at radius 1 is 1.00 bits per heavy atom. The van der Waals surface area contributed by atoms with Crippen LogP contribution in [0, 0.1) is 46.3 Å². The second-order valence-electron chi connectivity index (χ2n) is 12.2. The summed E-state index contributed by atoms with van der Waals surface area (Å²) in [5.74, 6) is 5.46. The first-order chi connectivity index (χ1) is 13.3. The molecule has 1 N–H and O–H groups in total. The number of aliphatic hydroxyl groups excluding tert-OH is 1. The molecule has 28 heavy (non-hydrogen) atoms. The lowest BCUT2D eigenvalue weighted by atomic mass is 9.47. The molecule has 0 aliphatic heterocycles. The van der Waals surface area contributed by atoms with Crippen LogP contribution in [-0.4, -0.2) is 11.2 Å². The van der Waals surface area contributed by atoms with Crippen LogP contribution in [0.25, 0.3) is 0 Å². The van der Waals surface area contributed by atoms with Crippen LogP contribution in [-0.2, 0) is 0 Å². The third-order valence-electron chi connectivity index (χ3n) is 10.3. The van der Waals surface area contributed by atoms with Crippen LogP contribution < -0.4 is 0 Å². The number of hydrogen-bond acceptors (Lipinski definition) is 1. The van der Waals surface area contributed by atoms with Crippen molar-refractivity contribution in [2.75, 3.05) is 0 Å². The van der Waals surface area contributed by atoms with Crippen molar-refractivity contribution >= 4 is 0 Å². The first kappa shape index (κ1) is 21.0. The summed E-state index contributed by atoms with van der Waals surface area (Å²) in [4.78, 5) is 0. The Morgan fingerprint density at radius 2 is 1.79 bits per heavy atom. The fraction of sp³-hybridized carbons (Fsp3) is 0.926. The van der Waals surface area contributed by atoms with Crippen molar-refractivity contribution in [3.05, 3.63) is 11.6 Å². The predicted octanol–water partition coefficient (Wildman–Crippen LogP) is 7.39. The minimum absolute atomic E-state index is 0.0766. The van der Waals surface area contributed by atoms with E-state index in [9.17, 15) is 5.11 Å². The van der Waals surface area contributed by atoms with Crippen molar-refractivity contribution in [3.8, 4) is 0 Å².